The van der Waals surface area contributed by atoms with Gasteiger partial charge in [0.1, 0.15) is 5.75 Å². The van der Waals surface area contributed by atoms with Crippen molar-refractivity contribution >= 4 is 33.1 Å². The molecule has 1 fully saturated rings. The molecule has 1 amide bonds. The van der Waals surface area contributed by atoms with E-state index in [2.05, 4.69) is 28.4 Å². The first-order chi connectivity index (χ1) is 13.2. The molecule has 1 aliphatic rings. The summed E-state index contributed by atoms with van der Waals surface area (Å²) in [6.07, 6.45) is 2.22. The molecule has 4 rings (SSSR count). The number of carbonyl (C=O) groups excluding carboxylic acids is 1. The quantitative estimate of drug-likeness (QED) is 0.722. The number of benzene rings is 2. The van der Waals surface area contributed by atoms with Gasteiger partial charge in [-0.05, 0) is 43.7 Å². The average Bonchev–Trinajstić information content (AvgIpc) is 3.12. The van der Waals surface area contributed by atoms with Crippen LogP contribution in [-0.4, -0.2) is 42.5 Å². The smallest absolute Gasteiger partial charge is 0.238 e. The topological polar surface area (TPSA) is 54.5 Å². The van der Waals surface area contributed by atoms with Crippen LogP contribution in [0.25, 0.3) is 10.2 Å². The number of methoxy groups -OCH3 is 1. The molecule has 3 aromatic rings. The van der Waals surface area contributed by atoms with Gasteiger partial charge in [0.2, 0.25) is 5.91 Å². The minimum atomic E-state index is 0.00760. The number of hydrogen-bond acceptors (Lipinski definition) is 5. The molecule has 5 nitrogen and oxygen atoms in total. The number of carbonyl (C=O) groups is 1. The van der Waals surface area contributed by atoms with Gasteiger partial charge in [-0.1, -0.05) is 18.2 Å². The molecule has 0 spiro atoms. The number of hydrogen-bond donors (Lipinski definition) is 1. The van der Waals surface area contributed by atoms with E-state index in [1.807, 2.05) is 30.3 Å². The first kappa shape index (κ1) is 17.9. The van der Waals surface area contributed by atoms with E-state index in [1.54, 1.807) is 18.4 Å². The van der Waals surface area contributed by atoms with Crippen molar-refractivity contribution in [2.75, 3.05) is 32.1 Å². The van der Waals surface area contributed by atoms with Crippen molar-refractivity contribution in [1.29, 1.82) is 0 Å². The highest BCUT2D eigenvalue weighted by Crippen LogP contribution is 2.32. The monoisotopic (exact) mass is 381 g/mol. The van der Waals surface area contributed by atoms with Gasteiger partial charge in [0, 0.05) is 24.2 Å². The number of anilines is 1. The average molecular weight is 382 g/mol. The lowest BCUT2D eigenvalue weighted by molar-refractivity contribution is -0.117. The van der Waals surface area contributed by atoms with Gasteiger partial charge in [-0.25, -0.2) is 4.98 Å². The molecule has 6 heteroatoms. The largest absolute Gasteiger partial charge is 0.497 e. The zero-order valence-corrected chi connectivity index (χ0v) is 16.2. The molecule has 0 bridgehead atoms. The van der Waals surface area contributed by atoms with Gasteiger partial charge in [0.05, 0.1) is 28.9 Å². The maximum Gasteiger partial charge on any atom is 0.238 e. The normalized spacial score (nSPS) is 17.7. The molecule has 1 aliphatic heterocycles. The number of nitrogens with zero attached hydrogens (tertiary/aromatic N) is 2. The van der Waals surface area contributed by atoms with Crippen LogP contribution in [0.5, 0.6) is 5.75 Å². The number of aromatic nitrogens is 1. The van der Waals surface area contributed by atoms with Gasteiger partial charge in [-0.2, -0.15) is 0 Å². The molecule has 2 aromatic carbocycles. The summed E-state index contributed by atoms with van der Waals surface area (Å²) in [6, 6.07) is 15.7. The van der Waals surface area contributed by atoms with Crippen molar-refractivity contribution in [3.05, 3.63) is 53.5 Å². The van der Waals surface area contributed by atoms with Crippen molar-refractivity contribution in [3.63, 3.8) is 0 Å². The van der Waals surface area contributed by atoms with Crippen LogP contribution in [-0.2, 0) is 4.79 Å². The molecule has 1 atom stereocenters. The SMILES string of the molecule is COc1cccc(NC(=O)CN2CCC[C@@H](c3nc4ccccc4s3)C2)c1. The van der Waals surface area contributed by atoms with Crippen LogP contribution in [0.1, 0.15) is 23.8 Å². The molecule has 0 radical (unpaired) electrons. The molecular weight excluding hydrogens is 358 g/mol. The summed E-state index contributed by atoms with van der Waals surface area (Å²) in [4.78, 5) is 19.5. The first-order valence-corrected chi connectivity index (χ1v) is 10.0. The number of likely N-dealkylation sites (tertiary alicyclic amines) is 1. The second-order valence-electron chi connectivity index (χ2n) is 6.87. The zero-order chi connectivity index (χ0) is 18.6. The molecule has 2 heterocycles. The lowest BCUT2D eigenvalue weighted by Crippen LogP contribution is -2.39. The predicted octanol–water partition coefficient (Wildman–Crippen LogP) is 4.12. The van der Waals surface area contributed by atoms with E-state index in [0.717, 1.165) is 42.9 Å². The summed E-state index contributed by atoms with van der Waals surface area (Å²) in [5.74, 6) is 1.15. The van der Waals surface area contributed by atoms with Crippen molar-refractivity contribution in [2.24, 2.45) is 0 Å². The predicted molar refractivity (Wildman–Crippen MR) is 110 cm³/mol. The Morgan fingerprint density at radius 2 is 2.19 bits per heavy atom. The fourth-order valence-corrected chi connectivity index (χ4v) is 4.66. The second kappa shape index (κ2) is 8.06. The zero-order valence-electron chi connectivity index (χ0n) is 15.4. The third-order valence-corrected chi connectivity index (χ3v) is 6.08. The highest BCUT2D eigenvalue weighted by Gasteiger charge is 2.25. The maximum absolute atomic E-state index is 12.5. The van der Waals surface area contributed by atoms with Crippen molar-refractivity contribution in [2.45, 2.75) is 18.8 Å². The molecule has 1 N–H and O–H groups in total. The first-order valence-electron chi connectivity index (χ1n) is 9.23. The van der Waals surface area contributed by atoms with Gasteiger partial charge in [0.25, 0.3) is 0 Å². The van der Waals surface area contributed by atoms with E-state index in [0.29, 0.717) is 12.5 Å². The van der Waals surface area contributed by atoms with Gasteiger partial charge in [-0.3, -0.25) is 9.69 Å². The Hall–Kier alpha value is -2.44. The highest BCUT2D eigenvalue weighted by atomic mass is 32.1. The molecular formula is C21H23N3O2S. The lowest BCUT2D eigenvalue weighted by Gasteiger charge is -2.31. The van der Waals surface area contributed by atoms with Gasteiger partial charge >= 0.3 is 0 Å². The minimum absolute atomic E-state index is 0.00760. The third-order valence-electron chi connectivity index (χ3n) is 4.89. The molecule has 0 unspecified atom stereocenters. The summed E-state index contributed by atoms with van der Waals surface area (Å²) >= 11 is 1.78. The van der Waals surface area contributed by atoms with Crippen LogP contribution in [0.15, 0.2) is 48.5 Å². The summed E-state index contributed by atoms with van der Waals surface area (Å²) in [5, 5.41) is 4.16. The number of ether oxygens (including phenoxy) is 1. The fraction of sp³-hybridized carbons (Fsp3) is 0.333. The van der Waals surface area contributed by atoms with E-state index in [9.17, 15) is 4.79 Å². The van der Waals surface area contributed by atoms with Crippen molar-refractivity contribution in [1.82, 2.24) is 9.88 Å². The lowest BCUT2D eigenvalue weighted by atomic mass is 9.99. The maximum atomic E-state index is 12.5. The van der Waals surface area contributed by atoms with E-state index in [1.165, 1.54) is 9.71 Å². The number of rotatable bonds is 5. The summed E-state index contributed by atoms with van der Waals surface area (Å²) in [5.41, 5.74) is 1.84. The molecule has 1 saturated heterocycles. The summed E-state index contributed by atoms with van der Waals surface area (Å²) in [7, 11) is 1.62. The number of piperidine rings is 1. The van der Waals surface area contributed by atoms with E-state index < -0.39 is 0 Å². The number of nitrogens with one attached hydrogen (secondary N) is 1. The Kier molecular flexibility index (Phi) is 5.36. The number of thiazole rings is 1. The van der Waals surface area contributed by atoms with Crippen LogP contribution in [0.4, 0.5) is 5.69 Å². The number of amides is 1. The van der Waals surface area contributed by atoms with E-state index in [4.69, 9.17) is 9.72 Å². The molecule has 0 aliphatic carbocycles. The van der Waals surface area contributed by atoms with Crippen LogP contribution < -0.4 is 10.1 Å². The third kappa shape index (κ3) is 4.28. The van der Waals surface area contributed by atoms with Crippen molar-refractivity contribution in [3.8, 4) is 5.75 Å². The molecule has 27 heavy (non-hydrogen) atoms. The van der Waals surface area contributed by atoms with Gasteiger partial charge in [0.15, 0.2) is 0 Å². The van der Waals surface area contributed by atoms with Crippen LogP contribution >= 0.6 is 11.3 Å². The number of para-hydroxylation sites is 1. The second-order valence-corrected chi connectivity index (χ2v) is 7.94. The Bertz CT molecular complexity index is 907. The Balaban J connectivity index is 1.38. The summed E-state index contributed by atoms with van der Waals surface area (Å²) < 4.78 is 6.44. The van der Waals surface area contributed by atoms with Gasteiger partial charge in [-0.15, -0.1) is 11.3 Å². The Morgan fingerprint density at radius 3 is 3.04 bits per heavy atom. The fourth-order valence-electron chi connectivity index (χ4n) is 3.57. The van der Waals surface area contributed by atoms with Crippen LogP contribution in [0.2, 0.25) is 0 Å². The molecule has 1 aromatic heterocycles. The number of fused-ring (bicyclic) bond motifs is 1. The van der Waals surface area contributed by atoms with Crippen molar-refractivity contribution < 1.29 is 9.53 Å². The van der Waals surface area contributed by atoms with Gasteiger partial charge < -0.3 is 10.1 Å². The Morgan fingerprint density at radius 1 is 1.30 bits per heavy atom. The minimum Gasteiger partial charge on any atom is -0.497 e. The van der Waals surface area contributed by atoms with E-state index >= 15 is 0 Å². The van der Waals surface area contributed by atoms with E-state index in [-0.39, 0.29) is 5.91 Å². The Labute approximate surface area is 163 Å². The standard InChI is InChI=1S/C21H23N3O2S/c1-26-17-8-4-7-16(12-17)22-20(25)14-24-11-5-6-15(13-24)21-23-18-9-2-3-10-19(18)27-21/h2-4,7-10,12,15H,5-6,11,13-14H2,1H3,(H,22,25)/t15-/m1/s1. The highest BCUT2D eigenvalue weighted by molar-refractivity contribution is 7.18. The molecule has 0 saturated carbocycles. The van der Waals surface area contributed by atoms with Crippen LogP contribution in [0, 0.1) is 0 Å². The van der Waals surface area contributed by atoms with Crippen LogP contribution in [0.3, 0.4) is 0 Å². The molecule has 140 valence electrons. The summed E-state index contributed by atoms with van der Waals surface area (Å²) in [6.45, 7) is 2.23.